The molecule has 2 aromatic rings. The van der Waals surface area contributed by atoms with Crippen LogP contribution >= 0.6 is 0 Å². The number of carbonyl (C=O) groups excluding carboxylic acids is 2. The lowest BCUT2D eigenvalue weighted by Crippen LogP contribution is -2.52. The average molecular weight is 307 g/mol. The van der Waals surface area contributed by atoms with Gasteiger partial charge < -0.3 is 4.74 Å². The second-order valence-corrected chi connectivity index (χ2v) is 5.94. The molecule has 0 aliphatic carbocycles. The third kappa shape index (κ3) is 2.40. The van der Waals surface area contributed by atoms with E-state index in [9.17, 15) is 9.59 Å². The van der Waals surface area contributed by atoms with Gasteiger partial charge in [0, 0.05) is 24.1 Å². The quantitative estimate of drug-likeness (QED) is 0.815. The number of carbonyl (C=O) groups is 2. The van der Waals surface area contributed by atoms with Crippen LogP contribution in [0, 0.1) is 0 Å². The number of fused-ring (bicyclic) bond motifs is 1. The molecule has 4 heteroatoms. The molecule has 0 aromatic heterocycles. The molecule has 2 aliphatic rings. The van der Waals surface area contributed by atoms with Crippen molar-refractivity contribution >= 4 is 11.6 Å². The Bertz CT molecular complexity index is 729. The molecule has 0 amide bonds. The molecule has 0 bridgehead atoms. The minimum Gasteiger partial charge on any atom is -0.350 e. The summed E-state index contributed by atoms with van der Waals surface area (Å²) >= 11 is 0. The first-order valence-corrected chi connectivity index (χ1v) is 7.85. The highest BCUT2D eigenvalue weighted by Gasteiger charge is 2.53. The highest BCUT2D eigenvalue weighted by Crippen LogP contribution is 2.35. The molecule has 0 saturated carbocycles. The second-order valence-electron chi connectivity index (χ2n) is 5.94. The van der Waals surface area contributed by atoms with Crippen molar-refractivity contribution in [1.82, 2.24) is 4.90 Å². The summed E-state index contributed by atoms with van der Waals surface area (Å²) in [5.74, 6) is -0.156. The summed E-state index contributed by atoms with van der Waals surface area (Å²) in [5, 5.41) is 0. The Labute approximate surface area is 134 Å². The van der Waals surface area contributed by atoms with Crippen LogP contribution in [0.4, 0.5) is 0 Å². The summed E-state index contributed by atoms with van der Waals surface area (Å²) in [7, 11) is 0. The number of hydrogen-bond acceptors (Lipinski definition) is 4. The fourth-order valence-corrected chi connectivity index (χ4v) is 3.30. The molecular formula is C19H17NO3. The van der Waals surface area contributed by atoms with E-state index in [0.717, 1.165) is 13.0 Å². The Morgan fingerprint density at radius 2 is 1.43 bits per heavy atom. The van der Waals surface area contributed by atoms with Crippen molar-refractivity contribution in [1.29, 1.82) is 0 Å². The molecule has 116 valence electrons. The molecule has 0 spiro atoms. The number of hydrogen-bond donors (Lipinski definition) is 0. The van der Waals surface area contributed by atoms with Gasteiger partial charge in [-0.1, -0.05) is 60.7 Å². The molecular weight excluding hydrogens is 290 g/mol. The van der Waals surface area contributed by atoms with Gasteiger partial charge in [-0.3, -0.25) is 14.5 Å². The zero-order valence-electron chi connectivity index (χ0n) is 12.6. The molecule has 2 heterocycles. The van der Waals surface area contributed by atoms with Gasteiger partial charge in [-0.05, 0) is 0 Å². The van der Waals surface area contributed by atoms with Crippen LogP contribution in [0.15, 0.2) is 60.7 Å². The molecule has 2 fully saturated rings. The van der Waals surface area contributed by atoms with E-state index in [4.69, 9.17) is 4.74 Å². The van der Waals surface area contributed by atoms with E-state index in [2.05, 4.69) is 0 Å². The van der Waals surface area contributed by atoms with Crippen LogP contribution < -0.4 is 0 Å². The first kappa shape index (κ1) is 14.3. The highest BCUT2D eigenvalue weighted by molar-refractivity contribution is 6.08. The first-order chi connectivity index (χ1) is 11.3. The Morgan fingerprint density at radius 3 is 1.96 bits per heavy atom. The van der Waals surface area contributed by atoms with Gasteiger partial charge in [0.25, 0.3) is 0 Å². The van der Waals surface area contributed by atoms with E-state index in [1.165, 1.54) is 0 Å². The lowest BCUT2D eigenvalue weighted by molar-refractivity contribution is -0.0524. The van der Waals surface area contributed by atoms with E-state index >= 15 is 0 Å². The number of Topliss-reactive ketones (excluding diaryl/α,β-unsaturated/α-hetero) is 2. The number of nitrogens with zero attached hydrogens (tertiary/aromatic N) is 1. The molecule has 23 heavy (non-hydrogen) atoms. The zero-order chi connectivity index (χ0) is 15.8. The number of ether oxygens (including phenoxy) is 1. The van der Waals surface area contributed by atoms with Crippen LogP contribution in [0.2, 0.25) is 0 Å². The zero-order valence-corrected chi connectivity index (χ0v) is 12.6. The lowest BCUT2D eigenvalue weighted by atomic mass is 9.93. The van der Waals surface area contributed by atoms with Crippen LogP contribution in [0.1, 0.15) is 27.1 Å². The molecule has 2 saturated heterocycles. The molecule has 4 nitrogen and oxygen atoms in total. The van der Waals surface area contributed by atoms with E-state index in [-0.39, 0.29) is 17.8 Å². The van der Waals surface area contributed by atoms with Crippen LogP contribution in [0.25, 0.3) is 0 Å². The topological polar surface area (TPSA) is 46.6 Å². The van der Waals surface area contributed by atoms with Crippen molar-refractivity contribution in [3.8, 4) is 0 Å². The van der Waals surface area contributed by atoms with Gasteiger partial charge in [0.1, 0.15) is 18.4 Å². The summed E-state index contributed by atoms with van der Waals surface area (Å²) in [6.07, 6.45) is 0.0415. The fraction of sp³-hybridized carbons (Fsp3) is 0.263. The standard InChI is InChI=1S/C19H17NO3/c21-17(13-7-3-1-4-8-13)16-19(23-15-11-12-20(15)16)18(22)14-9-5-2-6-10-14/h1-10,15-16,19H,11-12H2/t15-,16+,19-/m0/s1. The summed E-state index contributed by atoms with van der Waals surface area (Å²) < 4.78 is 5.89. The number of ketones is 2. The molecule has 2 aliphatic heterocycles. The number of benzene rings is 2. The van der Waals surface area contributed by atoms with Crippen molar-refractivity contribution in [3.63, 3.8) is 0 Å². The maximum Gasteiger partial charge on any atom is 0.193 e. The van der Waals surface area contributed by atoms with Crippen LogP contribution in [-0.2, 0) is 4.74 Å². The van der Waals surface area contributed by atoms with Gasteiger partial charge in [0.15, 0.2) is 11.6 Å². The van der Waals surface area contributed by atoms with Gasteiger partial charge in [-0.15, -0.1) is 0 Å². The van der Waals surface area contributed by atoms with Crippen molar-refractivity contribution < 1.29 is 14.3 Å². The van der Waals surface area contributed by atoms with Crippen molar-refractivity contribution in [2.24, 2.45) is 0 Å². The Balaban J connectivity index is 1.66. The first-order valence-electron chi connectivity index (χ1n) is 7.85. The third-order valence-corrected chi connectivity index (χ3v) is 4.60. The summed E-state index contributed by atoms with van der Waals surface area (Å²) in [5.41, 5.74) is 1.21. The Kier molecular flexibility index (Phi) is 3.56. The highest BCUT2D eigenvalue weighted by atomic mass is 16.5. The van der Waals surface area contributed by atoms with Crippen molar-refractivity contribution in [2.45, 2.75) is 24.8 Å². The second kappa shape index (κ2) is 5.72. The smallest absolute Gasteiger partial charge is 0.193 e. The monoisotopic (exact) mass is 307 g/mol. The third-order valence-electron chi connectivity index (χ3n) is 4.60. The van der Waals surface area contributed by atoms with E-state index < -0.39 is 12.1 Å². The Hall–Kier alpha value is -2.30. The molecule has 3 atom stereocenters. The van der Waals surface area contributed by atoms with Crippen LogP contribution in [0.5, 0.6) is 0 Å². The van der Waals surface area contributed by atoms with Crippen LogP contribution in [-0.4, -0.2) is 41.4 Å². The van der Waals surface area contributed by atoms with E-state index in [1.807, 2.05) is 41.3 Å². The molecule has 0 unspecified atom stereocenters. The minimum atomic E-state index is -0.724. The van der Waals surface area contributed by atoms with Crippen molar-refractivity contribution in [3.05, 3.63) is 71.8 Å². The Morgan fingerprint density at radius 1 is 0.870 bits per heavy atom. The number of rotatable bonds is 4. The predicted octanol–water partition coefficient (Wildman–Crippen LogP) is 2.55. The maximum absolute atomic E-state index is 12.9. The SMILES string of the molecule is O=C(c1ccccc1)[C@H]1O[C@H]2CCN2[C@@H]1C(=O)c1ccccc1. The molecule has 4 rings (SSSR count). The lowest BCUT2D eigenvalue weighted by Gasteiger charge is -2.35. The summed E-state index contributed by atoms with van der Waals surface area (Å²) in [4.78, 5) is 27.7. The van der Waals surface area contributed by atoms with Gasteiger partial charge >= 0.3 is 0 Å². The van der Waals surface area contributed by atoms with Gasteiger partial charge in [0.2, 0.25) is 0 Å². The van der Waals surface area contributed by atoms with Gasteiger partial charge in [0.05, 0.1) is 0 Å². The summed E-state index contributed by atoms with van der Waals surface area (Å²) in [6, 6.07) is 17.7. The molecule has 0 radical (unpaired) electrons. The fourth-order valence-electron chi connectivity index (χ4n) is 3.30. The van der Waals surface area contributed by atoms with Crippen LogP contribution in [0.3, 0.4) is 0 Å². The van der Waals surface area contributed by atoms with Gasteiger partial charge in [-0.2, -0.15) is 0 Å². The molecule has 2 aromatic carbocycles. The van der Waals surface area contributed by atoms with Crippen molar-refractivity contribution in [2.75, 3.05) is 6.54 Å². The predicted molar refractivity (Wildman–Crippen MR) is 85.3 cm³/mol. The largest absolute Gasteiger partial charge is 0.350 e. The summed E-state index contributed by atoms with van der Waals surface area (Å²) in [6.45, 7) is 0.798. The van der Waals surface area contributed by atoms with Gasteiger partial charge in [-0.25, -0.2) is 0 Å². The average Bonchev–Trinajstić information content (AvgIpc) is 2.86. The normalized spacial score (nSPS) is 26.3. The van der Waals surface area contributed by atoms with E-state index in [0.29, 0.717) is 11.1 Å². The van der Waals surface area contributed by atoms with E-state index in [1.54, 1.807) is 24.3 Å². The molecule has 0 N–H and O–H groups in total. The maximum atomic E-state index is 12.9. The minimum absolute atomic E-state index is 0.0397.